The summed E-state index contributed by atoms with van der Waals surface area (Å²) in [6.45, 7) is 2.30. The van der Waals surface area contributed by atoms with E-state index in [1.54, 1.807) is 18.2 Å². The zero-order chi connectivity index (χ0) is 19.9. The number of carbonyl (C=O) groups is 2. The lowest BCUT2D eigenvalue weighted by molar-refractivity contribution is -0.116. The number of esters is 1. The van der Waals surface area contributed by atoms with Crippen LogP contribution in [0.15, 0.2) is 60.7 Å². The van der Waals surface area contributed by atoms with Crippen LogP contribution in [0.5, 0.6) is 5.75 Å². The molecule has 0 atom stereocenters. The van der Waals surface area contributed by atoms with Crippen molar-refractivity contribution in [2.24, 2.45) is 0 Å². The van der Waals surface area contributed by atoms with Crippen LogP contribution in [0.4, 0.5) is 5.69 Å². The summed E-state index contributed by atoms with van der Waals surface area (Å²) in [4.78, 5) is 23.8. The van der Waals surface area contributed by atoms with Gasteiger partial charge in [-0.1, -0.05) is 36.4 Å². The molecule has 0 aliphatic carbocycles. The molecule has 0 aliphatic rings. The topological polar surface area (TPSA) is 64.6 Å². The second-order valence-corrected chi connectivity index (χ2v) is 6.50. The third-order valence-electron chi connectivity index (χ3n) is 4.48. The van der Waals surface area contributed by atoms with Gasteiger partial charge in [-0.3, -0.25) is 4.79 Å². The minimum atomic E-state index is -0.397. The standard InChI is InChI=1S/C23H23NO4/c1-16-15-18(23(26)27-2)12-13-20(16)24-22(25)11-6-14-28-21-10-5-8-17-7-3-4-9-19(17)21/h3-5,7-10,12-13,15H,6,11,14H2,1-2H3,(H,24,25). The Bertz CT molecular complexity index is 992. The van der Waals surface area contributed by atoms with E-state index in [0.29, 0.717) is 30.7 Å². The van der Waals surface area contributed by atoms with Crippen LogP contribution in [0.1, 0.15) is 28.8 Å². The summed E-state index contributed by atoms with van der Waals surface area (Å²) in [5.41, 5.74) is 1.96. The number of fused-ring (bicyclic) bond motifs is 1. The molecule has 0 aliphatic heterocycles. The Labute approximate surface area is 164 Å². The van der Waals surface area contributed by atoms with Gasteiger partial charge in [0.1, 0.15) is 5.75 Å². The van der Waals surface area contributed by atoms with Gasteiger partial charge in [0.2, 0.25) is 5.91 Å². The minimum absolute atomic E-state index is 0.0876. The summed E-state index contributed by atoms with van der Waals surface area (Å²) in [5, 5.41) is 5.07. The third kappa shape index (κ3) is 4.68. The number of ether oxygens (including phenoxy) is 2. The maximum Gasteiger partial charge on any atom is 0.337 e. The SMILES string of the molecule is COC(=O)c1ccc(NC(=O)CCCOc2cccc3ccccc23)c(C)c1. The van der Waals surface area contributed by atoms with Crippen molar-refractivity contribution in [1.82, 2.24) is 0 Å². The molecule has 0 spiro atoms. The molecular weight excluding hydrogens is 354 g/mol. The molecule has 0 radical (unpaired) electrons. The van der Waals surface area contributed by atoms with Crippen LogP contribution in [0.2, 0.25) is 0 Å². The fourth-order valence-electron chi connectivity index (χ4n) is 3.00. The maximum atomic E-state index is 12.2. The van der Waals surface area contributed by atoms with E-state index in [9.17, 15) is 9.59 Å². The first-order chi connectivity index (χ1) is 13.6. The highest BCUT2D eigenvalue weighted by molar-refractivity contribution is 5.94. The van der Waals surface area contributed by atoms with Gasteiger partial charge in [-0.2, -0.15) is 0 Å². The molecule has 0 aromatic heterocycles. The van der Waals surface area contributed by atoms with E-state index in [0.717, 1.165) is 22.1 Å². The van der Waals surface area contributed by atoms with Gasteiger partial charge in [-0.15, -0.1) is 0 Å². The molecule has 3 rings (SSSR count). The number of hydrogen-bond donors (Lipinski definition) is 1. The quantitative estimate of drug-likeness (QED) is 0.477. The fourth-order valence-corrected chi connectivity index (χ4v) is 3.00. The molecular formula is C23H23NO4. The Kier molecular flexibility index (Phi) is 6.27. The second kappa shape index (κ2) is 9.04. The smallest absolute Gasteiger partial charge is 0.337 e. The zero-order valence-corrected chi connectivity index (χ0v) is 16.0. The highest BCUT2D eigenvalue weighted by Gasteiger charge is 2.10. The van der Waals surface area contributed by atoms with Gasteiger partial charge in [-0.05, 0) is 48.6 Å². The number of benzene rings is 3. The van der Waals surface area contributed by atoms with E-state index < -0.39 is 5.97 Å². The molecule has 0 unspecified atom stereocenters. The number of carbonyl (C=O) groups excluding carboxylic acids is 2. The van der Waals surface area contributed by atoms with Crippen LogP contribution < -0.4 is 10.1 Å². The molecule has 0 saturated heterocycles. The van der Waals surface area contributed by atoms with Gasteiger partial charge >= 0.3 is 5.97 Å². The lowest BCUT2D eigenvalue weighted by atomic mass is 10.1. The predicted octanol–water partition coefficient (Wildman–Crippen LogP) is 4.73. The van der Waals surface area contributed by atoms with Crippen molar-refractivity contribution in [3.8, 4) is 5.75 Å². The van der Waals surface area contributed by atoms with Crippen LogP contribution in [-0.4, -0.2) is 25.6 Å². The van der Waals surface area contributed by atoms with Crippen molar-refractivity contribution in [2.45, 2.75) is 19.8 Å². The zero-order valence-electron chi connectivity index (χ0n) is 16.0. The molecule has 0 bridgehead atoms. The van der Waals surface area contributed by atoms with Gasteiger partial charge in [0.15, 0.2) is 0 Å². The fraction of sp³-hybridized carbons (Fsp3) is 0.217. The van der Waals surface area contributed by atoms with Crippen LogP contribution in [0.3, 0.4) is 0 Å². The third-order valence-corrected chi connectivity index (χ3v) is 4.48. The molecule has 3 aromatic rings. The summed E-state index contributed by atoms with van der Waals surface area (Å²) >= 11 is 0. The summed E-state index contributed by atoms with van der Waals surface area (Å²) in [7, 11) is 1.34. The van der Waals surface area contributed by atoms with Crippen molar-refractivity contribution in [3.05, 3.63) is 71.8 Å². The number of hydrogen-bond acceptors (Lipinski definition) is 4. The summed E-state index contributed by atoms with van der Waals surface area (Å²) in [5.74, 6) is 0.342. The monoisotopic (exact) mass is 377 g/mol. The van der Waals surface area contributed by atoms with Crippen LogP contribution in [-0.2, 0) is 9.53 Å². The van der Waals surface area contributed by atoms with Crippen molar-refractivity contribution in [2.75, 3.05) is 19.0 Å². The Morgan fingerprint density at radius 3 is 2.57 bits per heavy atom. The van der Waals surface area contributed by atoms with Crippen molar-refractivity contribution < 1.29 is 19.1 Å². The van der Waals surface area contributed by atoms with E-state index in [-0.39, 0.29) is 5.91 Å². The molecule has 0 heterocycles. The number of nitrogens with one attached hydrogen (secondary N) is 1. The Morgan fingerprint density at radius 2 is 1.79 bits per heavy atom. The average Bonchev–Trinajstić information content (AvgIpc) is 2.72. The van der Waals surface area contributed by atoms with Crippen molar-refractivity contribution in [1.29, 1.82) is 0 Å². The molecule has 144 valence electrons. The predicted molar refractivity (Wildman–Crippen MR) is 110 cm³/mol. The summed E-state index contributed by atoms with van der Waals surface area (Å²) in [6.07, 6.45) is 0.956. The maximum absolute atomic E-state index is 12.2. The van der Waals surface area contributed by atoms with Crippen LogP contribution in [0.25, 0.3) is 10.8 Å². The molecule has 5 heteroatoms. The minimum Gasteiger partial charge on any atom is -0.493 e. The lowest BCUT2D eigenvalue weighted by Crippen LogP contribution is -2.14. The second-order valence-electron chi connectivity index (χ2n) is 6.50. The number of aryl methyl sites for hydroxylation is 1. The van der Waals surface area contributed by atoms with Crippen molar-refractivity contribution in [3.63, 3.8) is 0 Å². The van der Waals surface area contributed by atoms with E-state index >= 15 is 0 Å². The van der Waals surface area contributed by atoms with Crippen LogP contribution >= 0.6 is 0 Å². The Hall–Kier alpha value is -3.34. The number of amides is 1. The Morgan fingerprint density at radius 1 is 1.00 bits per heavy atom. The van der Waals surface area contributed by atoms with Gasteiger partial charge < -0.3 is 14.8 Å². The summed E-state index contributed by atoms with van der Waals surface area (Å²) < 4.78 is 10.6. The first-order valence-electron chi connectivity index (χ1n) is 9.18. The molecule has 5 nitrogen and oxygen atoms in total. The molecule has 0 fully saturated rings. The van der Waals surface area contributed by atoms with E-state index in [2.05, 4.69) is 5.32 Å². The van der Waals surface area contributed by atoms with Crippen LogP contribution in [0, 0.1) is 6.92 Å². The molecule has 3 aromatic carbocycles. The first kappa shape index (κ1) is 19.4. The molecule has 0 saturated carbocycles. The van der Waals surface area contributed by atoms with E-state index in [1.165, 1.54) is 7.11 Å². The van der Waals surface area contributed by atoms with Gasteiger partial charge in [0.25, 0.3) is 0 Å². The molecule has 1 N–H and O–H groups in total. The molecule has 1 amide bonds. The molecule has 28 heavy (non-hydrogen) atoms. The number of methoxy groups -OCH3 is 1. The number of rotatable bonds is 7. The number of anilines is 1. The first-order valence-corrected chi connectivity index (χ1v) is 9.18. The van der Waals surface area contributed by atoms with Gasteiger partial charge in [0.05, 0.1) is 19.3 Å². The van der Waals surface area contributed by atoms with E-state index in [4.69, 9.17) is 9.47 Å². The average molecular weight is 377 g/mol. The van der Waals surface area contributed by atoms with Gasteiger partial charge in [0, 0.05) is 17.5 Å². The van der Waals surface area contributed by atoms with Gasteiger partial charge in [-0.25, -0.2) is 4.79 Å². The Balaban J connectivity index is 1.50. The van der Waals surface area contributed by atoms with Crippen molar-refractivity contribution >= 4 is 28.3 Å². The highest BCUT2D eigenvalue weighted by atomic mass is 16.5. The lowest BCUT2D eigenvalue weighted by Gasteiger charge is -2.11. The van der Waals surface area contributed by atoms with E-state index in [1.807, 2.05) is 49.4 Å². The largest absolute Gasteiger partial charge is 0.493 e. The highest BCUT2D eigenvalue weighted by Crippen LogP contribution is 2.25. The summed E-state index contributed by atoms with van der Waals surface area (Å²) in [6, 6.07) is 19.0. The normalized spacial score (nSPS) is 10.5.